The third-order valence-corrected chi connectivity index (χ3v) is 69.6. The van der Waals surface area contributed by atoms with E-state index < -0.39 is 22.6 Å². The van der Waals surface area contributed by atoms with Crippen LogP contribution in [0.2, 0.25) is 20.4 Å². The van der Waals surface area contributed by atoms with Crippen molar-refractivity contribution < 1.29 is 17.1 Å². The number of benzene rings is 4. The number of hydrogen-bond donors (Lipinski definition) is 0. The van der Waals surface area contributed by atoms with Gasteiger partial charge in [0.25, 0.3) is 0 Å². The summed E-state index contributed by atoms with van der Waals surface area (Å²) in [6.45, 7) is 14.7. The molecule has 214 valence electrons. The van der Waals surface area contributed by atoms with Crippen molar-refractivity contribution in [2.24, 2.45) is 0 Å². The van der Waals surface area contributed by atoms with Crippen LogP contribution in [0.3, 0.4) is 0 Å². The Morgan fingerprint density at radius 2 is 0.905 bits per heavy atom. The van der Waals surface area contributed by atoms with Crippen LogP contribution in [0.25, 0.3) is 34.4 Å². The summed E-state index contributed by atoms with van der Waals surface area (Å²) in [6.07, 6.45) is 10.4. The van der Waals surface area contributed by atoms with Crippen molar-refractivity contribution in [3.05, 3.63) is 130 Å². The van der Waals surface area contributed by atoms with E-state index in [1.54, 1.807) is 11.1 Å². The fourth-order valence-electron chi connectivity index (χ4n) is 9.48. The summed E-state index contributed by atoms with van der Waals surface area (Å²) in [5.74, 6) is 0. The van der Waals surface area contributed by atoms with Crippen molar-refractivity contribution in [1.82, 2.24) is 0 Å². The molecule has 0 spiro atoms. The first-order valence-corrected chi connectivity index (χ1v) is 34.2. The topological polar surface area (TPSA) is 0 Å². The number of allylic oxidation sites excluding steroid dienone is 2. The molecule has 2 unspecified atom stereocenters. The van der Waals surface area contributed by atoms with E-state index in [-0.39, 0.29) is 0 Å². The molecule has 0 saturated carbocycles. The van der Waals surface area contributed by atoms with Gasteiger partial charge in [0.2, 0.25) is 0 Å². The number of aryl methyl sites for hydroxylation is 2. The molecule has 2 aliphatic carbocycles. The quantitative estimate of drug-likeness (QED) is 0.173. The normalized spacial score (nSPS) is 17.7. The van der Waals surface area contributed by atoms with Gasteiger partial charge in [-0.1, -0.05) is 0 Å². The van der Waals surface area contributed by atoms with Crippen LogP contribution in [-0.2, 0) is 17.1 Å². The zero-order chi connectivity index (χ0) is 29.8. The first kappa shape index (κ1) is 29.5. The van der Waals surface area contributed by atoms with E-state index in [9.17, 15) is 0 Å². The van der Waals surface area contributed by atoms with Gasteiger partial charge in [-0.25, -0.2) is 0 Å². The molecular formula is C40H46HfSi. The Hall–Kier alpha value is -2.55. The van der Waals surface area contributed by atoms with Gasteiger partial charge in [0.15, 0.2) is 0 Å². The number of rotatable bonds is 6. The van der Waals surface area contributed by atoms with Gasteiger partial charge >= 0.3 is 257 Å². The Kier molecular flexibility index (Phi) is 7.63. The van der Waals surface area contributed by atoms with Gasteiger partial charge in [-0.2, -0.15) is 0 Å². The molecule has 0 nitrogen and oxygen atoms in total. The van der Waals surface area contributed by atoms with Crippen LogP contribution in [-0.4, -0.2) is 5.49 Å². The molecule has 0 aliphatic heterocycles. The van der Waals surface area contributed by atoms with Gasteiger partial charge in [0.1, 0.15) is 0 Å². The van der Waals surface area contributed by atoms with E-state index in [0.29, 0.717) is 7.35 Å². The fraction of sp³-hybridized carbons (Fsp3) is 0.300. The van der Waals surface area contributed by atoms with Crippen LogP contribution < -0.4 is 0 Å². The fourth-order valence-corrected chi connectivity index (χ4v) is 81.3. The summed E-state index contributed by atoms with van der Waals surface area (Å²) in [5.41, 5.74) is 15.1. The van der Waals surface area contributed by atoms with Crippen LogP contribution in [0.4, 0.5) is 0 Å². The molecule has 4 aromatic carbocycles. The molecule has 0 heterocycles. The molecule has 6 rings (SSSR count). The van der Waals surface area contributed by atoms with Gasteiger partial charge in [0.05, 0.1) is 0 Å². The van der Waals surface area contributed by atoms with Crippen molar-refractivity contribution in [3.63, 3.8) is 0 Å². The van der Waals surface area contributed by atoms with Crippen LogP contribution in [0.15, 0.2) is 97.1 Å². The predicted molar refractivity (Wildman–Crippen MR) is 184 cm³/mol. The van der Waals surface area contributed by atoms with Crippen molar-refractivity contribution in [2.75, 3.05) is 0 Å². The Morgan fingerprint density at radius 1 is 0.524 bits per heavy atom. The minimum absolute atomic E-state index is 0.544. The molecule has 0 saturated heterocycles. The van der Waals surface area contributed by atoms with Crippen LogP contribution in [0, 0.1) is 13.8 Å². The second-order valence-corrected chi connectivity index (χ2v) is 59.9. The van der Waals surface area contributed by atoms with Crippen molar-refractivity contribution in [2.45, 2.75) is 69.3 Å². The minimum atomic E-state index is -3.94. The van der Waals surface area contributed by atoms with Crippen LogP contribution >= 0.6 is 0 Å². The summed E-state index contributed by atoms with van der Waals surface area (Å²) >= 11 is -3.94. The summed E-state index contributed by atoms with van der Waals surface area (Å²) in [7, 11) is 0. The van der Waals surface area contributed by atoms with Crippen molar-refractivity contribution in [3.8, 4) is 22.3 Å². The number of fused-ring (bicyclic) bond motifs is 2. The molecule has 2 heteroatoms. The molecule has 0 amide bonds. The Balaban J connectivity index is 1.62. The Labute approximate surface area is 255 Å². The average molecular weight is 733 g/mol. The van der Waals surface area contributed by atoms with E-state index in [1.807, 2.05) is 0 Å². The molecule has 0 bridgehead atoms. The third-order valence-electron chi connectivity index (χ3n) is 10.8. The monoisotopic (exact) mass is 734 g/mol. The van der Waals surface area contributed by atoms with Gasteiger partial charge in [0, 0.05) is 0 Å². The average Bonchev–Trinajstić information content (AvgIpc) is 3.59. The first-order valence-electron chi connectivity index (χ1n) is 15.8. The van der Waals surface area contributed by atoms with Crippen LogP contribution in [0.5, 0.6) is 0 Å². The van der Waals surface area contributed by atoms with E-state index in [4.69, 9.17) is 0 Å². The van der Waals surface area contributed by atoms with Crippen LogP contribution in [0.1, 0.15) is 68.4 Å². The molecule has 4 aromatic rings. The van der Waals surface area contributed by atoms with E-state index in [0.717, 1.165) is 11.1 Å². The molecule has 0 aromatic heterocycles. The van der Waals surface area contributed by atoms with E-state index >= 15 is 0 Å². The van der Waals surface area contributed by atoms with Crippen molar-refractivity contribution >= 4 is 17.6 Å². The van der Waals surface area contributed by atoms with Gasteiger partial charge in [-0.15, -0.1) is 0 Å². The summed E-state index contributed by atoms with van der Waals surface area (Å²) < 4.78 is 6.87. The standard InChI is InChI=1S/2C16H13.C6H14Si.2CH3.Hf/c2*1-12-6-2-3-9-14(12)16-11-5-8-13-7-4-10-15(13)16;1-5(2)7-6(3)4;;;/h2*2-11H,1H3;5-6H,1-4H3;2*1H3;. The molecule has 42 heavy (non-hydrogen) atoms. The SMILES string of the molecule is Cc1ccccc1-c1cccc2c1C=C[CH]2[Hf]([CH3])([CH3])([CH]1C=Cc2c(-c3ccccc3C)cccc21)=[Si](C(C)C)C(C)C. The van der Waals surface area contributed by atoms with Gasteiger partial charge < -0.3 is 0 Å². The summed E-state index contributed by atoms with van der Waals surface area (Å²) in [4.78, 5) is 0. The predicted octanol–water partition coefficient (Wildman–Crippen LogP) is 12.1. The third kappa shape index (κ3) is 4.47. The first-order chi connectivity index (χ1) is 20.0. The Bertz CT molecular complexity index is 1700. The van der Waals surface area contributed by atoms with Crippen molar-refractivity contribution in [1.29, 1.82) is 0 Å². The maximum absolute atomic E-state index is 3.94. The summed E-state index contributed by atoms with van der Waals surface area (Å²) in [5, 5.41) is 0. The summed E-state index contributed by atoms with van der Waals surface area (Å²) in [6, 6.07) is 32.1. The molecule has 0 radical (unpaired) electrons. The van der Waals surface area contributed by atoms with E-state index in [1.165, 1.54) is 44.5 Å². The molecule has 0 N–H and O–H groups in total. The Morgan fingerprint density at radius 3 is 1.29 bits per heavy atom. The van der Waals surface area contributed by atoms with Gasteiger partial charge in [-0.05, 0) is 0 Å². The zero-order valence-corrected chi connectivity index (χ0v) is 31.3. The maximum atomic E-state index is 2.89. The zero-order valence-electron chi connectivity index (χ0n) is 26.7. The second kappa shape index (κ2) is 10.9. The van der Waals surface area contributed by atoms with Gasteiger partial charge in [-0.3, -0.25) is 0 Å². The molecular weight excluding hydrogens is 687 g/mol. The molecule has 2 atom stereocenters. The second-order valence-electron chi connectivity index (χ2n) is 14.3. The molecule has 2 aliphatic rings. The van der Waals surface area contributed by atoms with E-state index in [2.05, 4.69) is 160 Å². The number of hydrogen-bond acceptors (Lipinski definition) is 0. The molecule has 0 fully saturated rings.